The fourth-order valence-electron chi connectivity index (χ4n) is 3.73. The molecule has 2 atom stereocenters. The molecule has 1 aromatic rings. The first-order chi connectivity index (χ1) is 8.74. The highest BCUT2D eigenvalue weighted by atomic mass is 35.5. The van der Waals surface area contributed by atoms with Crippen molar-refractivity contribution in [3.63, 3.8) is 0 Å². The largest absolute Gasteiger partial charge is 0.490 e. The van der Waals surface area contributed by atoms with Crippen molar-refractivity contribution in [3.05, 3.63) is 29.3 Å². The van der Waals surface area contributed by atoms with Gasteiger partial charge in [-0.3, -0.25) is 0 Å². The number of ether oxygens (including phenoxy) is 1. The average Bonchev–Trinajstić information content (AvgIpc) is 2.86. The average molecular weight is 266 g/mol. The molecule has 1 aromatic carbocycles. The summed E-state index contributed by atoms with van der Waals surface area (Å²) in [6.45, 7) is 0. The number of hydrogen-bond acceptors (Lipinski definition) is 2. The molecule has 2 aliphatic rings. The highest BCUT2D eigenvalue weighted by molar-refractivity contribution is 6.30. The Morgan fingerprint density at radius 3 is 2.78 bits per heavy atom. The molecular weight excluding hydrogens is 246 g/mol. The Bertz CT molecular complexity index is 428. The quantitative estimate of drug-likeness (QED) is 0.901. The van der Waals surface area contributed by atoms with Crippen LogP contribution in [0.2, 0.25) is 5.02 Å². The van der Waals surface area contributed by atoms with E-state index in [9.17, 15) is 0 Å². The molecule has 0 bridgehead atoms. The normalized spacial score (nSPS) is 29.2. The van der Waals surface area contributed by atoms with Crippen LogP contribution >= 0.6 is 11.6 Å². The lowest BCUT2D eigenvalue weighted by atomic mass is 9.60. The predicted octanol–water partition coefficient (Wildman–Crippen LogP) is 3.64. The van der Waals surface area contributed by atoms with Gasteiger partial charge >= 0.3 is 0 Å². The van der Waals surface area contributed by atoms with Crippen LogP contribution in [-0.4, -0.2) is 19.2 Å². The van der Waals surface area contributed by atoms with E-state index in [1.807, 2.05) is 24.3 Å². The molecule has 2 aliphatic carbocycles. The van der Waals surface area contributed by atoms with Crippen LogP contribution in [-0.2, 0) is 0 Å². The van der Waals surface area contributed by atoms with Crippen molar-refractivity contribution in [1.29, 1.82) is 0 Å². The molecule has 0 radical (unpaired) electrons. The Morgan fingerprint density at radius 2 is 2.11 bits per heavy atom. The monoisotopic (exact) mass is 265 g/mol. The van der Waals surface area contributed by atoms with Crippen LogP contribution in [0, 0.1) is 5.41 Å². The van der Waals surface area contributed by atoms with E-state index in [-0.39, 0.29) is 0 Å². The van der Waals surface area contributed by atoms with Crippen LogP contribution in [0.3, 0.4) is 0 Å². The number of halogens is 1. The molecule has 2 nitrogen and oxygen atoms in total. The maximum atomic E-state index is 6.18. The van der Waals surface area contributed by atoms with E-state index in [1.165, 1.54) is 25.7 Å². The Morgan fingerprint density at radius 1 is 1.33 bits per heavy atom. The molecule has 0 heterocycles. The Balaban J connectivity index is 1.74. The predicted molar refractivity (Wildman–Crippen MR) is 74.2 cm³/mol. The summed E-state index contributed by atoms with van der Waals surface area (Å²) in [6, 6.07) is 8.38. The van der Waals surface area contributed by atoms with Crippen molar-refractivity contribution in [2.45, 2.75) is 44.2 Å². The third kappa shape index (κ3) is 1.92. The van der Waals surface area contributed by atoms with Crippen molar-refractivity contribution >= 4 is 11.6 Å². The van der Waals surface area contributed by atoms with E-state index < -0.39 is 0 Å². The summed E-state index contributed by atoms with van der Waals surface area (Å²) in [5, 5.41) is 4.20. The van der Waals surface area contributed by atoms with Gasteiger partial charge in [0.2, 0.25) is 0 Å². The molecule has 2 saturated carbocycles. The zero-order chi connectivity index (χ0) is 12.6. The fraction of sp³-hybridized carbons (Fsp3) is 0.600. The van der Waals surface area contributed by atoms with E-state index in [4.69, 9.17) is 16.3 Å². The van der Waals surface area contributed by atoms with Gasteiger partial charge in [0.05, 0.1) is 0 Å². The summed E-state index contributed by atoms with van der Waals surface area (Å²) >= 11 is 6.00. The zero-order valence-electron chi connectivity index (χ0n) is 10.8. The second-order valence-electron chi connectivity index (χ2n) is 5.58. The van der Waals surface area contributed by atoms with Gasteiger partial charge in [0.25, 0.3) is 0 Å². The lowest BCUT2D eigenvalue weighted by Crippen LogP contribution is -2.63. The summed E-state index contributed by atoms with van der Waals surface area (Å²) in [5.74, 6) is 0.910. The zero-order valence-corrected chi connectivity index (χ0v) is 11.5. The first-order valence-corrected chi connectivity index (χ1v) is 7.22. The van der Waals surface area contributed by atoms with Crippen LogP contribution in [0.4, 0.5) is 0 Å². The van der Waals surface area contributed by atoms with Crippen LogP contribution in [0.15, 0.2) is 24.3 Å². The van der Waals surface area contributed by atoms with Crippen LogP contribution in [0.1, 0.15) is 32.1 Å². The molecule has 2 fully saturated rings. The van der Waals surface area contributed by atoms with E-state index >= 15 is 0 Å². The second kappa shape index (κ2) is 4.75. The minimum absolute atomic E-state index is 0.357. The maximum Gasteiger partial charge on any atom is 0.121 e. The highest BCUT2D eigenvalue weighted by Crippen LogP contribution is 2.54. The van der Waals surface area contributed by atoms with Gasteiger partial charge in [-0.05, 0) is 38.1 Å². The lowest BCUT2D eigenvalue weighted by Gasteiger charge is -2.53. The summed E-state index contributed by atoms with van der Waals surface area (Å²) < 4.78 is 6.18. The van der Waals surface area contributed by atoms with Crippen molar-refractivity contribution in [1.82, 2.24) is 5.32 Å². The van der Waals surface area contributed by atoms with E-state index in [1.54, 1.807) is 0 Å². The standard InChI is InChI=1S/C15H20ClNO/c1-17-13-10-14(15(13)7-2-3-8-15)18-12-6-4-5-11(16)9-12/h4-6,9,13-14,17H,2-3,7-8,10H2,1H3. The van der Waals surface area contributed by atoms with Crippen molar-refractivity contribution in [2.24, 2.45) is 5.41 Å². The van der Waals surface area contributed by atoms with Crippen molar-refractivity contribution in [3.8, 4) is 5.75 Å². The molecule has 98 valence electrons. The first-order valence-electron chi connectivity index (χ1n) is 6.84. The van der Waals surface area contributed by atoms with E-state index in [0.717, 1.165) is 17.2 Å². The van der Waals surface area contributed by atoms with Crippen LogP contribution < -0.4 is 10.1 Å². The Hall–Kier alpha value is -0.730. The van der Waals surface area contributed by atoms with Gasteiger partial charge in [-0.25, -0.2) is 0 Å². The van der Waals surface area contributed by atoms with Crippen LogP contribution in [0.5, 0.6) is 5.75 Å². The molecule has 0 aliphatic heterocycles. The molecule has 18 heavy (non-hydrogen) atoms. The third-order valence-electron chi connectivity index (χ3n) is 4.74. The number of hydrogen-bond donors (Lipinski definition) is 1. The van der Waals surface area contributed by atoms with Gasteiger partial charge in [0, 0.05) is 22.9 Å². The molecular formula is C15H20ClNO. The summed E-state index contributed by atoms with van der Waals surface area (Å²) in [6.07, 6.45) is 6.74. The van der Waals surface area contributed by atoms with E-state index in [0.29, 0.717) is 17.6 Å². The first kappa shape index (κ1) is 12.3. The molecule has 1 spiro atoms. The molecule has 1 N–H and O–H groups in total. The molecule has 2 unspecified atom stereocenters. The van der Waals surface area contributed by atoms with Gasteiger partial charge in [0.15, 0.2) is 0 Å². The van der Waals surface area contributed by atoms with Gasteiger partial charge in [-0.1, -0.05) is 30.5 Å². The molecule has 0 saturated heterocycles. The maximum absolute atomic E-state index is 6.18. The highest BCUT2D eigenvalue weighted by Gasteiger charge is 2.56. The van der Waals surface area contributed by atoms with Gasteiger partial charge < -0.3 is 10.1 Å². The topological polar surface area (TPSA) is 21.3 Å². The second-order valence-corrected chi connectivity index (χ2v) is 6.02. The van der Waals surface area contributed by atoms with Gasteiger partial charge in [-0.15, -0.1) is 0 Å². The molecule has 3 rings (SSSR count). The number of rotatable bonds is 3. The van der Waals surface area contributed by atoms with Gasteiger partial charge in [-0.2, -0.15) is 0 Å². The SMILES string of the molecule is CNC1CC(Oc2cccc(Cl)c2)C12CCCC2. The summed E-state index contributed by atoms with van der Waals surface area (Å²) in [5.41, 5.74) is 0.372. The van der Waals surface area contributed by atoms with E-state index in [2.05, 4.69) is 12.4 Å². The Labute approximate surface area is 114 Å². The van der Waals surface area contributed by atoms with Gasteiger partial charge in [0.1, 0.15) is 11.9 Å². The van der Waals surface area contributed by atoms with Crippen LogP contribution in [0.25, 0.3) is 0 Å². The smallest absolute Gasteiger partial charge is 0.121 e. The molecule has 0 amide bonds. The summed E-state index contributed by atoms with van der Waals surface area (Å²) in [7, 11) is 2.07. The fourth-order valence-corrected chi connectivity index (χ4v) is 3.91. The summed E-state index contributed by atoms with van der Waals surface area (Å²) in [4.78, 5) is 0. The number of benzene rings is 1. The van der Waals surface area contributed by atoms with Crippen molar-refractivity contribution in [2.75, 3.05) is 7.05 Å². The minimum atomic E-state index is 0.357. The minimum Gasteiger partial charge on any atom is -0.490 e. The third-order valence-corrected chi connectivity index (χ3v) is 4.98. The number of nitrogens with one attached hydrogen (secondary N) is 1. The van der Waals surface area contributed by atoms with Crippen molar-refractivity contribution < 1.29 is 4.74 Å². The lowest BCUT2D eigenvalue weighted by molar-refractivity contribution is -0.0736. The molecule has 3 heteroatoms. The molecule has 0 aromatic heterocycles. The Kier molecular flexibility index (Phi) is 3.25.